The van der Waals surface area contributed by atoms with Crippen molar-refractivity contribution < 1.29 is 19.1 Å². The zero-order valence-corrected chi connectivity index (χ0v) is 11.3. The zero-order valence-electron chi connectivity index (χ0n) is 11.3. The summed E-state index contributed by atoms with van der Waals surface area (Å²) in [5.74, 6) is -0.214. The van der Waals surface area contributed by atoms with Crippen LogP contribution in [0.15, 0.2) is 16.5 Å². The fraction of sp³-hybridized carbons (Fsp3) is 0.385. The van der Waals surface area contributed by atoms with E-state index in [1.165, 1.54) is 13.2 Å². The minimum Gasteiger partial charge on any atom is -0.463 e. The number of aliphatic hydroxyl groups excluding tert-OH is 1. The molecule has 1 N–H and O–H groups in total. The summed E-state index contributed by atoms with van der Waals surface area (Å²) in [6.45, 7) is 3.68. The molecule has 0 saturated heterocycles. The molecule has 0 aliphatic heterocycles. The van der Waals surface area contributed by atoms with Crippen LogP contribution in [-0.4, -0.2) is 28.0 Å². The van der Waals surface area contributed by atoms with Gasteiger partial charge in [0.2, 0.25) is 5.76 Å². The predicted octanol–water partition coefficient (Wildman–Crippen LogP) is 1.50. The highest BCUT2D eigenvalue weighted by Crippen LogP contribution is 2.28. The Labute approximate surface area is 110 Å². The first-order valence-corrected chi connectivity index (χ1v) is 5.82. The van der Waals surface area contributed by atoms with Gasteiger partial charge < -0.3 is 14.3 Å². The van der Waals surface area contributed by atoms with Crippen LogP contribution in [-0.2, 0) is 11.8 Å². The van der Waals surface area contributed by atoms with Crippen molar-refractivity contribution in [2.24, 2.45) is 7.05 Å². The number of rotatable bonds is 3. The molecule has 2 aromatic heterocycles. The Bertz CT molecular complexity index is 612. The molecule has 0 aliphatic rings. The van der Waals surface area contributed by atoms with Gasteiger partial charge in [0.25, 0.3) is 0 Å². The third-order valence-electron chi connectivity index (χ3n) is 3.12. The first kappa shape index (κ1) is 13.4. The maximum Gasteiger partial charge on any atom is 0.373 e. The van der Waals surface area contributed by atoms with Crippen LogP contribution in [0.5, 0.6) is 0 Å². The molecule has 0 bridgehead atoms. The maximum absolute atomic E-state index is 11.3. The molecule has 0 fully saturated rings. The van der Waals surface area contributed by atoms with E-state index in [1.54, 1.807) is 17.8 Å². The van der Waals surface area contributed by atoms with Gasteiger partial charge in [-0.3, -0.25) is 4.68 Å². The number of nitrogens with zero attached hydrogens (tertiary/aromatic N) is 2. The van der Waals surface area contributed by atoms with E-state index in [2.05, 4.69) is 9.84 Å². The number of ether oxygens (including phenoxy) is 1. The number of carbonyl (C=O) groups excluding carboxylic acids is 1. The summed E-state index contributed by atoms with van der Waals surface area (Å²) in [6.07, 6.45) is -0.952. The van der Waals surface area contributed by atoms with Crippen LogP contribution >= 0.6 is 0 Å². The average Bonchev–Trinajstić information content (AvgIpc) is 2.95. The molecule has 0 spiro atoms. The summed E-state index contributed by atoms with van der Waals surface area (Å²) in [4.78, 5) is 11.3. The number of methoxy groups -OCH3 is 1. The van der Waals surface area contributed by atoms with Crippen LogP contribution in [0.2, 0.25) is 0 Å². The number of aromatic nitrogens is 2. The summed E-state index contributed by atoms with van der Waals surface area (Å²) < 4.78 is 11.6. The molecule has 1 atom stereocenters. The van der Waals surface area contributed by atoms with Crippen molar-refractivity contribution in [2.45, 2.75) is 20.0 Å². The van der Waals surface area contributed by atoms with E-state index >= 15 is 0 Å². The van der Waals surface area contributed by atoms with Crippen molar-refractivity contribution in [3.8, 4) is 0 Å². The van der Waals surface area contributed by atoms with Gasteiger partial charge >= 0.3 is 5.97 Å². The van der Waals surface area contributed by atoms with E-state index in [-0.39, 0.29) is 5.76 Å². The van der Waals surface area contributed by atoms with Crippen LogP contribution in [0.1, 0.15) is 39.4 Å². The highest BCUT2D eigenvalue weighted by molar-refractivity contribution is 5.86. The summed E-state index contributed by atoms with van der Waals surface area (Å²) >= 11 is 0. The average molecular weight is 264 g/mol. The molecule has 19 heavy (non-hydrogen) atoms. The van der Waals surface area contributed by atoms with Crippen molar-refractivity contribution in [3.05, 3.63) is 40.6 Å². The molecule has 0 aromatic carbocycles. The number of aliphatic hydroxyl groups is 1. The number of carbonyl (C=O) groups is 1. The van der Waals surface area contributed by atoms with E-state index < -0.39 is 12.1 Å². The van der Waals surface area contributed by atoms with Crippen LogP contribution in [0, 0.1) is 13.8 Å². The third kappa shape index (κ3) is 2.26. The normalized spacial score (nSPS) is 12.5. The molecular weight excluding hydrogens is 248 g/mol. The van der Waals surface area contributed by atoms with Crippen molar-refractivity contribution in [2.75, 3.05) is 7.11 Å². The van der Waals surface area contributed by atoms with Gasteiger partial charge in [0, 0.05) is 18.3 Å². The van der Waals surface area contributed by atoms with Gasteiger partial charge in [-0.15, -0.1) is 0 Å². The Kier molecular flexibility index (Phi) is 3.44. The van der Waals surface area contributed by atoms with Crippen LogP contribution in [0.25, 0.3) is 0 Å². The first-order valence-electron chi connectivity index (χ1n) is 5.82. The Hall–Kier alpha value is -2.08. The second-order valence-corrected chi connectivity index (χ2v) is 4.30. The van der Waals surface area contributed by atoms with Crippen LogP contribution in [0.4, 0.5) is 0 Å². The second kappa shape index (κ2) is 4.89. The van der Waals surface area contributed by atoms with Crippen LogP contribution < -0.4 is 0 Å². The number of hydrogen-bond donors (Lipinski definition) is 1. The minimum atomic E-state index is -0.952. The van der Waals surface area contributed by atoms with Crippen molar-refractivity contribution in [1.29, 1.82) is 0 Å². The van der Waals surface area contributed by atoms with Gasteiger partial charge in [-0.2, -0.15) is 5.10 Å². The Morgan fingerprint density at radius 1 is 1.47 bits per heavy atom. The lowest BCUT2D eigenvalue weighted by Crippen LogP contribution is -2.03. The molecule has 2 heterocycles. The molecule has 2 rings (SSSR count). The molecule has 0 aliphatic carbocycles. The highest BCUT2D eigenvalue weighted by atomic mass is 16.5. The van der Waals surface area contributed by atoms with E-state index in [1.807, 2.05) is 13.8 Å². The zero-order chi connectivity index (χ0) is 14.2. The highest BCUT2D eigenvalue weighted by Gasteiger charge is 2.23. The molecule has 0 amide bonds. The molecule has 0 saturated carbocycles. The Morgan fingerprint density at radius 2 is 2.16 bits per heavy atom. The molecule has 0 radical (unpaired) electrons. The SMILES string of the molecule is COC(=O)c1ccc(C(O)c2c(C)nn(C)c2C)o1. The Balaban J connectivity index is 2.36. The number of aryl methyl sites for hydroxylation is 2. The lowest BCUT2D eigenvalue weighted by Gasteiger charge is -2.08. The summed E-state index contributed by atoms with van der Waals surface area (Å²) in [5.41, 5.74) is 2.26. The van der Waals surface area contributed by atoms with Crippen molar-refractivity contribution >= 4 is 5.97 Å². The van der Waals surface area contributed by atoms with E-state index in [9.17, 15) is 9.90 Å². The largest absolute Gasteiger partial charge is 0.463 e. The first-order chi connectivity index (χ1) is 8.95. The van der Waals surface area contributed by atoms with E-state index in [0.29, 0.717) is 11.3 Å². The standard InChI is InChI=1S/C13H16N2O4/c1-7-11(8(2)15(3)14-7)12(16)9-5-6-10(19-9)13(17)18-4/h5-6,12,16H,1-4H3. The van der Waals surface area contributed by atoms with E-state index in [0.717, 1.165) is 11.4 Å². The lowest BCUT2D eigenvalue weighted by atomic mass is 10.1. The molecule has 6 heteroatoms. The maximum atomic E-state index is 11.3. The second-order valence-electron chi connectivity index (χ2n) is 4.30. The number of esters is 1. The topological polar surface area (TPSA) is 77.5 Å². The summed E-state index contributed by atoms with van der Waals surface area (Å²) in [7, 11) is 3.08. The monoisotopic (exact) mass is 264 g/mol. The van der Waals surface area contributed by atoms with Gasteiger partial charge in [0.05, 0.1) is 12.8 Å². The third-order valence-corrected chi connectivity index (χ3v) is 3.12. The molecule has 1 unspecified atom stereocenters. The molecule has 2 aromatic rings. The fourth-order valence-electron chi connectivity index (χ4n) is 2.04. The quantitative estimate of drug-likeness (QED) is 0.850. The van der Waals surface area contributed by atoms with Gasteiger partial charge in [0.15, 0.2) is 0 Å². The number of furan rings is 1. The van der Waals surface area contributed by atoms with Gasteiger partial charge in [-0.25, -0.2) is 4.79 Å². The van der Waals surface area contributed by atoms with Gasteiger partial charge in [0.1, 0.15) is 11.9 Å². The van der Waals surface area contributed by atoms with Gasteiger partial charge in [-0.05, 0) is 26.0 Å². The lowest BCUT2D eigenvalue weighted by molar-refractivity contribution is 0.0558. The number of hydrogen-bond acceptors (Lipinski definition) is 5. The van der Waals surface area contributed by atoms with Gasteiger partial charge in [-0.1, -0.05) is 0 Å². The van der Waals surface area contributed by atoms with Crippen molar-refractivity contribution in [3.63, 3.8) is 0 Å². The fourth-order valence-corrected chi connectivity index (χ4v) is 2.04. The van der Waals surface area contributed by atoms with E-state index in [4.69, 9.17) is 4.42 Å². The summed E-state index contributed by atoms with van der Waals surface area (Å²) in [6, 6.07) is 3.04. The van der Waals surface area contributed by atoms with Crippen LogP contribution in [0.3, 0.4) is 0 Å². The smallest absolute Gasteiger partial charge is 0.373 e. The van der Waals surface area contributed by atoms with Crippen molar-refractivity contribution in [1.82, 2.24) is 9.78 Å². The minimum absolute atomic E-state index is 0.0655. The Morgan fingerprint density at radius 3 is 2.68 bits per heavy atom. The summed E-state index contributed by atoms with van der Waals surface area (Å²) in [5, 5.41) is 14.6. The molecule has 6 nitrogen and oxygen atoms in total. The molecular formula is C13H16N2O4. The molecule has 102 valence electrons. The predicted molar refractivity (Wildman–Crippen MR) is 66.8 cm³/mol.